The van der Waals surface area contributed by atoms with Crippen molar-refractivity contribution in [3.8, 4) is 0 Å². The molecule has 1 aliphatic heterocycles. The van der Waals surface area contributed by atoms with Crippen LogP contribution in [0, 0.1) is 0 Å². The van der Waals surface area contributed by atoms with E-state index < -0.39 is 5.97 Å². The molecule has 4 heteroatoms. The molecule has 0 unspecified atom stereocenters. The molecule has 15 heavy (non-hydrogen) atoms. The molecule has 0 fully saturated rings. The molecule has 0 radical (unpaired) electrons. The number of methoxy groups -OCH3 is 1. The first-order valence-electron chi connectivity index (χ1n) is 4.54. The van der Waals surface area contributed by atoms with Crippen LogP contribution in [0.2, 0.25) is 0 Å². The minimum atomic E-state index is -0.433. The van der Waals surface area contributed by atoms with E-state index in [1.807, 2.05) is 0 Å². The van der Waals surface area contributed by atoms with Gasteiger partial charge >= 0.3 is 5.97 Å². The molecule has 1 aromatic carbocycles. The zero-order valence-electron chi connectivity index (χ0n) is 8.28. The number of carbonyl (C=O) groups is 2. The fraction of sp³-hybridized carbons (Fsp3) is 0.273. The van der Waals surface area contributed by atoms with Crippen LogP contribution in [0.5, 0.6) is 0 Å². The second kappa shape index (κ2) is 3.82. The number of hydrogen-bond acceptors (Lipinski definition) is 4. The summed E-state index contributed by atoms with van der Waals surface area (Å²) in [6.45, 7) is 0.500. The van der Waals surface area contributed by atoms with Gasteiger partial charge in [-0.25, -0.2) is 4.79 Å². The summed E-state index contributed by atoms with van der Waals surface area (Å²) in [4.78, 5) is 22.7. The van der Waals surface area contributed by atoms with Crippen LogP contribution in [0.1, 0.15) is 26.3 Å². The van der Waals surface area contributed by atoms with Crippen LogP contribution in [-0.2, 0) is 16.1 Å². The van der Waals surface area contributed by atoms with Crippen LogP contribution in [0.15, 0.2) is 18.2 Å². The van der Waals surface area contributed by atoms with Crippen molar-refractivity contribution in [1.82, 2.24) is 0 Å². The maximum atomic E-state index is 11.5. The highest BCUT2D eigenvalue weighted by atomic mass is 16.5. The molecule has 4 nitrogen and oxygen atoms in total. The van der Waals surface area contributed by atoms with Crippen molar-refractivity contribution in [2.24, 2.45) is 0 Å². The largest absolute Gasteiger partial charge is 0.465 e. The number of benzene rings is 1. The van der Waals surface area contributed by atoms with Crippen molar-refractivity contribution >= 4 is 11.8 Å². The van der Waals surface area contributed by atoms with E-state index in [0.29, 0.717) is 17.7 Å². The third-order valence-corrected chi connectivity index (χ3v) is 2.32. The topological polar surface area (TPSA) is 52.6 Å². The molecule has 0 aromatic heterocycles. The summed E-state index contributed by atoms with van der Waals surface area (Å²) in [7, 11) is 1.31. The van der Waals surface area contributed by atoms with Gasteiger partial charge < -0.3 is 9.47 Å². The maximum absolute atomic E-state index is 11.5. The molecule has 1 aliphatic rings. The lowest BCUT2D eigenvalue weighted by Gasteiger charge is -2.15. The van der Waals surface area contributed by atoms with Gasteiger partial charge in [0.25, 0.3) is 0 Å². The standard InChI is InChI=1S/C11H10O4/c1-14-11(13)7-2-3-8-5-15-6-10(12)9(8)4-7/h2-4H,5-6H2,1H3. The Balaban J connectivity index is 2.44. The van der Waals surface area contributed by atoms with Crippen LogP contribution in [-0.4, -0.2) is 25.5 Å². The van der Waals surface area contributed by atoms with Crippen molar-refractivity contribution in [2.45, 2.75) is 6.61 Å². The van der Waals surface area contributed by atoms with Crippen molar-refractivity contribution in [3.05, 3.63) is 34.9 Å². The minimum Gasteiger partial charge on any atom is -0.465 e. The third kappa shape index (κ3) is 1.76. The van der Waals surface area contributed by atoms with E-state index in [1.165, 1.54) is 7.11 Å². The highest BCUT2D eigenvalue weighted by molar-refractivity contribution is 6.01. The Morgan fingerprint density at radius 1 is 1.40 bits per heavy atom. The summed E-state index contributed by atoms with van der Waals surface area (Å²) in [6.07, 6.45) is 0. The molecule has 1 heterocycles. The first-order valence-corrected chi connectivity index (χ1v) is 4.54. The number of ketones is 1. The highest BCUT2D eigenvalue weighted by Gasteiger charge is 2.19. The van der Waals surface area contributed by atoms with E-state index in [-0.39, 0.29) is 12.4 Å². The molecule has 78 valence electrons. The fourth-order valence-electron chi connectivity index (χ4n) is 1.54. The third-order valence-electron chi connectivity index (χ3n) is 2.32. The lowest BCUT2D eigenvalue weighted by Crippen LogP contribution is -2.19. The van der Waals surface area contributed by atoms with Crippen LogP contribution in [0.4, 0.5) is 0 Å². The SMILES string of the molecule is COC(=O)c1ccc2c(c1)C(=O)COC2. The Hall–Kier alpha value is -1.68. The number of rotatable bonds is 1. The monoisotopic (exact) mass is 206 g/mol. The summed E-state index contributed by atoms with van der Waals surface area (Å²) in [5, 5.41) is 0. The van der Waals surface area contributed by atoms with Crippen LogP contribution >= 0.6 is 0 Å². The number of fused-ring (bicyclic) bond motifs is 1. The number of esters is 1. The summed E-state index contributed by atoms with van der Waals surface area (Å²) >= 11 is 0. The summed E-state index contributed by atoms with van der Waals surface area (Å²) in [5.41, 5.74) is 1.77. The van der Waals surface area contributed by atoms with Gasteiger partial charge in [0, 0.05) is 5.56 Å². The molecule has 0 amide bonds. The van der Waals surface area contributed by atoms with Crippen molar-refractivity contribution in [1.29, 1.82) is 0 Å². The van der Waals surface area contributed by atoms with Gasteiger partial charge in [-0.15, -0.1) is 0 Å². The zero-order valence-corrected chi connectivity index (χ0v) is 8.28. The molecule has 2 rings (SSSR count). The van der Waals surface area contributed by atoms with Gasteiger partial charge in [0.15, 0.2) is 5.78 Å². The average molecular weight is 206 g/mol. The fourth-order valence-corrected chi connectivity index (χ4v) is 1.54. The second-order valence-corrected chi connectivity index (χ2v) is 3.28. The Kier molecular flexibility index (Phi) is 2.51. The first-order chi connectivity index (χ1) is 7.22. The number of ether oxygens (including phenoxy) is 2. The Labute approximate surface area is 86.8 Å². The van der Waals surface area contributed by atoms with Gasteiger partial charge in [0.1, 0.15) is 6.61 Å². The number of carbonyl (C=O) groups excluding carboxylic acids is 2. The molecule has 0 spiro atoms. The van der Waals surface area contributed by atoms with E-state index in [0.717, 1.165) is 5.56 Å². The molecule has 0 N–H and O–H groups in total. The van der Waals surface area contributed by atoms with Crippen LogP contribution in [0.3, 0.4) is 0 Å². The van der Waals surface area contributed by atoms with E-state index in [1.54, 1.807) is 18.2 Å². The number of hydrogen-bond donors (Lipinski definition) is 0. The van der Waals surface area contributed by atoms with Crippen molar-refractivity contribution < 1.29 is 19.1 Å². The molecule has 0 saturated heterocycles. The normalized spacial score (nSPS) is 14.6. The Bertz CT molecular complexity index is 423. The highest BCUT2D eigenvalue weighted by Crippen LogP contribution is 2.18. The number of Topliss-reactive ketones (excluding diaryl/α,β-unsaturated/α-hetero) is 1. The van der Waals surface area contributed by atoms with Crippen molar-refractivity contribution in [2.75, 3.05) is 13.7 Å². The summed E-state index contributed by atoms with van der Waals surface area (Å²) < 4.78 is 9.65. The van der Waals surface area contributed by atoms with Crippen molar-refractivity contribution in [3.63, 3.8) is 0 Å². The minimum absolute atomic E-state index is 0.0810. The molecule has 0 aliphatic carbocycles. The first kappa shape index (κ1) is 9.86. The maximum Gasteiger partial charge on any atom is 0.337 e. The lowest BCUT2D eigenvalue weighted by molar-refractivity contribution is 0.0599. The zero-order chi connectivity index (χ0) is 10.8. The van der Waals surface area contributed by atoms with Crippen LogP contribution < -0.4 is 0 Å². The van der Waals surface area contributed by atoms with E-state index in [4.69, 9.17) is 4.74 Å². The predicted octanol–water partition coefficient (Wildman–Crippen LogP) is 1.19. The molecular weight excluding hydrogens is 196 g/mol. The summed E-state index contributed by atoms with van der Waals surface area (Å²) in [5.74, 6) is -0.529. The van der Waals surface area contributed by atoms with Gasteiger partial charge in [-0.2, -0.15) is 0 Å². The quantitative estimate of drug-likeness (QED) is 0.647. The van der Waals surface area contributed by atoms with Gasteiger partial charge in [-0.3, -0.25) is 4.79 Å². The van der Waals surface area contributed by atoms with E-state index in [9.17, 15) is 9.59 Å². The van der Waals surface area contributed by atoms with Crippen LogP contribution in [0.25, 0.3) is 0 Å². The van der Waals surface area contributed by atoms with Gasteiger partial charge in [-0.05, 0) is 17.7 Å². The average Bonchev–Trinajstić information content (AvgIpc) is 2.28. The lowest BCUT2D eigenvalue weighted by atomic mass is 9.99. The Morgan fingerprint density at radius 2 is 2.20 bits per heavy atom. The van der Waals surface area contributed by atoms with E-state index >= 15 is 0 Å². The molecular formula is C11H10O4. The van der Waals surface area contributed by atoms with E-state index in [2.05, 4.69) is 4.74 Å². The molecule has 0 bridgehead atoms. The molecule has 0 saturated carbocycles. The smallest absolute Gasteiger partial charge is 0.337 e. The summed E-state index contributed by atoms with van der Waals surface area (Å²) in [6, 6.07) is 4.91. The molecule has 0 atom stereocenters. The Morgan fingerprint density at radius 3 is 2.93 bits per heavy atom. The molecule has 1 aromatic rings. The van der Waals surface area contributed by atoms with Gasteiger partial charge in [0.05, 0.1) is 19.3 Å². The van der Waals surface area contributed by atoms with Gasteiger partial charge in [0.2, 0.25) is 0 Å². The van der Waals surface area contributed by atoms with Gasteiger partial charge in [-0.1, -0.05) is 6.07 Å². The predicted molar refractivity (Wildman–Crippen MR) is 51.8 cm³/mol. The second-order valence-electron chi connectivity index (χ2n) is 3.28.